The highest BCUT2D eigenvalue weighted by Crippen LogP contribution is 2.30. The number of hydrogen-bond donors (Lipinski definition) is 2. The zero-order valence-corrected chi connectivity index (χ0v) is 17.2. The first kappa shape index (κ1) is 21.9. The number of aliphatic hydroxyl groups is 1. The molecule has 158 valence electrons. The van der Waals surface area contributed by atoms with Crippen molar-refractivity contribution in [3.05, 3.63) is 71.3 Å². The topological polar surface area (TPSA) is 41.5 Å². The molecule has 2 aromatic carbocycles. The Balaban J connectivity index is 1.60. The number of rotatable bonds is 8. The van der Waals surface area contributed by atoms with E-state index in [1.165, 1.54) is 37.1 Å². The third-order valence-corrected chi connectivity index (χ3v) is 6.12. The molecule has 0 bridgehead atoms. The maximum atomic E-state index is 13.3. The molecule has 29 heavy (non-hydrogen) atoms. The van der Waals surface area contributed by atoms with Crippen molar-refractivity contribution in [1.82, 2.24) is 5.32 Å². The highest BCUT2D eigenvalue weighted by molar-refractivity contribution is 5.30. The van der Waals surface area contributed by atoms with E-state index in [2.05, 4.69) is 19.2 Å². The summed E-state index contributed by atoms with van der Waals surface area (Å²) in [6, 6.07) is 12.5. The van der Waals surface area contributed by atoms with Gasteiger partial charge >= 0.3 is 0 Å². The van der Waals surface area contributed by atoms with Crippen LogP contribution >= 0.6 is 0 Å². The highest BCUT2D eigenvalue weighted by Gasteiger charge is 2.27. The van der Waals surface area contributed by atoms with Crippen molar-refractivity contribution in [2.24, 2.45) is 11.8 Å². The van der Waals surface area contributed by atoms with Crippen LogP contribution in [0.25, 0.3) is 0 Å². The van der Waals surface area contributed by atoms with Gasteiger partial charge in [-0.1, -0.05) is 51.0 Å². The smallest absolute Gasteiger partial charge is 0.123 e. The van der Waals surface area contributed by atoms with Gasteiger partial charge in [-0.05, 0) is 53.6 Å². The van der Waals surface area contributed by atoms with Crippen LogP contribution in [0.4, 0.5) is 8.78 Å². The van der Waals surface area contributed by atoms with Crippen molar-refractivity contribution in [2.45, 2.75) is 51.4 Å². The van der Waals surface area contributed by atoms with Crippen molar-refractivity contribution in [3.8, 4) is 0 Å². The third kappa shape index (κ3) is 6.08. The molecule has 1 aliphatic rings. The number of nitrogens with one attached hydrogen (secondary N) is 1. The minimum Gasteiger partial charge on any atom is -0.389 e. The largest absolute Gasteiger partial charge is 0.389 e. The Kier molecular flexibility index (Phi) is 7.76. The molecule has 0 amide bonds. The Morgan fingerprint density at radius 2 is 1.52 bits per heavy atom. The third-order valence-electron chi connectivity index (χ3n) is 6.12. The first-order chi connectivity index (χ1) is 13.9. The van der Waals surface area contributed by atoms with Gasteiger partial charge in [0.2, 0.25) is 0 Å². The molecule has 2 N–H and O–H groups in total. The van der Waals surface area contributed by atoms with Crippen molar-refractivity contribution in [2.75, 3.05) is 13.2 Å². The molecule has 1 saturated carbocycles. The maximum Gasteiger partial charge on any atom is 0.123 e. The lowest BCUT2D eigenvalue weighted by Gasteiger charge is -2.35. The van der Waals surface area contributed by atoms with Crippen LogP contribution in [-0.4, -0.2) is 30.4 Å². The summed E-state index contributed by atoms with van der Waals surface area (Å²) in [6.45, 7) is 5.14. The number of hydrogen-bond acceptors (Lipinski definition) is 3. The van der Waals surface area contributed by atoms with Crippen LogP contribution in [0.15, 0.2) is 48.5 Å². The standard InChI is InChI=1S/C24H31F2NO2/c1-16-4-3-5-23(17(16)2)27-14-22(28)15-29-24(18-6-10-20(25)11-7-18)19-8-12-21(26)13-9-19/h6-13,16-17,22-24,27-28H,3-5,14-15H2,1-2H3/t16-,17+,22+,23+/m1/s1. The van der Waals surface area contributed by atoms with E-state index in [0.717, 1.165) is 17.5 Å². The summed E-state index contributed by atoms with van der Waals surface area (Å²) in [5, 5.41) is 13.9. The van der Waals surface area contributed by atoms with Crippen LogP contribution in [0.3, 0.4) is 0 Å². The Labute approximate surface area is 172 Å². The summed E-state index contributed by atoms with van der Waals surface area (Å²) in [5.74, 6) is 0.623. The lowest BCUT2D eigenvalue weighted by Crippen LogP contribution is -2.44. The molecule has 0 saturated heterocycles. The molecule has 4 atom stereocenters. The van der Waals surface area contributed by atoms with Crippen LogP contribution in [0.2, 0.25) is 0 Å². The molecule has 3 rings (SSSR count). The summed E-state index contributed by atoms with van der Waals surface area (Å²) in [7, 11) is 0. The fourth-order valence-corrected chi connectivity index (χ4v) is 4.08. The van der Waals surface area contributed by atoms with Crippen LogP contribution in [0, 0.1) is 23.5 Å². The Bertz CT molecular complexity index is 705. The highest BCUT2D eigenvalue weighted by atomic mass is 19.1. The zero-order valence-electron chi connectivity index (χ0n) is 17.2. The van der Waals surface area contributed by atoms with E-state index in [4.69, 9.17) is 4.74 Å². The van der Waals surface area contributed by atoms with Crippen LogP contribution in [0.5, 0.6) is 0 Å². The second-order valence-electron chi connectivity index (χ2n) is 8.25. The first-order valence-electron chi connectivity index (χ1n) is 10.5. The fraction of sp³-hybridized carbons (Fsp3) is 0.500. The summed E-state index contributed by atoms with van der Waals surface area (Å²) in [4.78, 5) is 0. The van der Waals surface area contributed by atoms with Gasteiger partial charge in [0.1, 0.15) is 17.7 Å². The normalized spacial score (nSPS) is 23.3. The van der Waals surface area contributed by atoms with E-state index in [1.54, 1.807) is 24.3 Å². The molecule has 0 aromatic heterocycles. The van der Waals surface area contributed by atoms with Crippen LogP contribution < -0.4 is 5.32 Å². The van der Waals surface area contributed by atoms with Crippen LogP contribution in [0.1, 0.15) is 50.3 Å². The zero-order chi connectivity index (χ0) is 20.8. The van der Waals surface area contributed by atoms with E-state index in [-0.39, 0.29) is 18.2 Å². The number of halogens is 2. The fourth-order valence-electron chi connectivity index (χ4n) is 4.08. The molecule has 3 nitrogen and oxygen atoms in total. The lowest BCUT2D eigenvalue weighted by atomic mass is 9.78. The molecule has 2 aromatic rings. The monoisotopic (exact) mass is 403 g/mol. The van der Waals surface area contributed by atoms with E-state index in [1.807, 2.05) is 0 Å². The van der Waals surface area contributed by atoms with Gasteiger partial charge in [0.05, 0.1) is 12.7 Å². The molecule has 5 heteroatoms. The molecule has 1 fully saturated rings. The molecule has 0 spiro atoms. The van der Waals surface area contributed by atoms with E-state index < -0.39 is 12.2 Å². The minimum atomic E-state index is -0.664. The average Bonchev–Trinajstić information content (AvgIpc) is 2.71. The van der Waals surface area contributed by atoms with Gasteiger partial charge in [-0.3, -0.25) is 0 Å². The molecular weight excluding hydrogens is 372 g/mol. The molecule has 0 radical (unpaired) electrons. The Morgan fingerprint density at radius 1 is 0.966 bits per heavy atom. The number of benzene rings is 2. The van der Waals surface area contributed by atoms with Crippen molar-refractivity contribution in [1.29, 1.82) is 0 Å². The number of aliphatic hydroxyl groups excluding tert-OH is 1. The van der Waals surface area contributed by atoms with E-state index >= 15 is 0 Å². The average molecular weight is 404 g/mol. The van der Waals surface area contributed by atoms with Gasteiger partial charge in [0.15, 0.2) is 0 Å². The molecule has 0 heterocycles. The van der Waals surface area contributed by atoms with Crippen molar-refractivity contribution < 1.29 is 18.6 Å². The van der Waals surface area contributed by atoms with Gasteiger partial charge in [0.25, 0.3) is 0 Å². The van der Waals surface area contributed by atoms with Crippen LogP contribution in [-0.2, 0) is 4.74 Å². The SMILES string of the molecule is C[C@H]1[C@H](C)CCC[C@@H]1NC[C@H](O)COC(c1ccc(F)cc1)c1ccc(F)cc1. The number of ether oxygens (including phenoxy) is 1. The lowest BCUT2D eigenvalue weighted by molar-refractivity contribution is 0.00383. The molecular formula is C24H31F2NO2. The van der Waals surface area contributed by atoms with E-state index in [0.29, 0.717) is 24.4 Å². The van der Waals surface area contributed by atoms with Gasteiger partial charge < -0.3 is 15.2 Å². The van der Waals surface area contributed by atoms with E-state index in [9.17, 15) is 13.9 Å². The summed E-state index contributed by atoms with van der Waals surface area (Å²) < 4.78 is 32.6. The van der Waals surface area contributed by atoms with Gasteiger partial charge in [-0.25, -0.2) is 8.78 Å². The minimum absolute atomic E-state index is 0.128. The Hall–Kier alpha value is -1.82. The van der Waals surface area contributed by atoms with Gasteiger partial charge in [-0.15, -0.1) is 0 Å². The maximum absolute atomic E-state index is 13.3. The van der Waals surface area contributed by atoms with Crippen molar-refractivity contribution in [3.63, 3.8) is 0 Å². The predicted octanol–water partition coefficient (Wildman–Crippen LogP) is 4.85. The summed E-state index contributed by atoms with van der Waals surface area (Å²) in [5.41, 5.74) is 1.51. The second-order valence-corrected chi connectivity index (χ2v) is 8.25. The Morgan fingerprint density at radius 3 is 2.07 bits per heavy atom. The quantitative estimate of drug-likeness (QED) is 0.662. The second kappa shape index (κ2) is 10.3. The molecule has 0 aliphatic heterocycles. The predicted molar refractivity (Wildman–Crippen MR) is 111 cm³/mol. The van der Waals surface area contributed by atoms with Crippen molar-refractivity contribution >= 4 is 0 Å². The first-order valence-corrected chi connectivity index (χ1v) is 10.5. The van der Waals surface area contributed by atoms with Gasteiger partial charge in [-0.2, -0.15) is 0 Å². The summed E-state index contributed by atoms with van der Waals surface area (Å²) >= 11 is 0. The molecule has 1 aliphatic carbocycles. The molecule has 0 unspecified atom stereocenters. The summed E-state index contributed by atoms with van der Waals surface area (Å²) in [6.07, 6.45) is 2.45. The van der Waals surface area contributed by atoms with Gasteiger partial charge in [0, 0.05) is 12.6 Å².